The summed E-state index contributed by atoms with van der Waals surface area (Å²) < 4.78 is 8.23. The summed E-state index contributed by atoms with van der Waals surface area (Å²) in [6.07, 6.45) is 3.35. The van der Waals surface area contributed by atoms with E-state index in [4.69, 9.17) is 4.74 Å². The van der Waals surface area contributed by atoms with Gasteiger partial charge in [0.1, 0.15) is 11.4 Å². The maximum atomic E-state index is 12.7. The van der Waals surface area contributed by atoms with Crippen LogP contribution in [0.4, 0.5) is 5.82 Å². The number of carbonyl (C=O) groups is 2. The third-order valence-electron chi connectivity index (χ3n) is 4.34. The van der Waals surface area contributed by atoms with Crippen molar-refractivity contribution >= 4 is 17.6 Å². The van der Waals surface area contributed by atoms with Gasteiger partial charge < -0.3 is 15.4 Å². The van der Waals surface area contributed by atoms with Crippen molar-refractivity contribution in [2.24, 2.45) is 7.05 Å². The van der Waals surface area contributed by atoms with Gasteiger partial charge in [-0.1, -0.05) is 13.3 Å². The summed E-state index contributed by atoms with van der Waals surface area (Å²) >= 11 is 0. The topological polar surface area (TPSA) is 115 Å². The van der Waals surface area contributed by atoms with Crippen LogP contribution in [0.25, 0.3) is 0 Å². The Bertz CT molecular complexity index is 842. The van der Waals surface area contributed by atoms with Crippen molar-refractivity contribution in [2.75, 3.05) is 12.4 Å². The van der Waals surface area contributed by atoms with E-state index in [1.54, 1.807) is 24.0 Å². The van der Waals surface area contributed by atoms with Gasteiger partial charge in [-0.15, -0.1) is 5.10 Å². The second kappa shape index (κ2) is 7.78. The third kappa shape index (κ3) is 4.11. The Morgan fingerprint density at radius 2 is 2.22 bits per heavy atom. The maximum Gasteiger partial charge on any atom is 0.263 e. The van der Waals surface area contributed by atoms with E-state index in [1.807, 2.05) is 6.92 Å². The monoisotopic (exact) mass is 375 g/mol. The lowest BCUT2D eigenvalue weighted by Gasteiger charge is -2.32. The van der Waals surface area contributed by atoms with Gasteiger partial charge in [0, 0.05) is 31.8 Å². The number of nitrogens with zero attached hydrogens (tertiary/aromatic N) is 4. The first-order valence-corrected chi connectivity index (χ1v) is 8.91. The van der Waals surface area contributed by atoms with Crippen LogP contribution in [0.2, 0.25) is 0 Å². The summed E-state index contributed by atoms with van der Waals surface area (Å²) in [5, 5.41) is 17.6. The summed E-state index contributed by atoms with van der Waals surface area (Å²) in [6.45, 7) is 3.90. The second-order valence-electron chi connectivity index (χ2n) is 6.62. The van der Waals surface area contributed by atoms with Crippen LogP contribution in [0.5, 0.6) is 5.88 Å². The second-order valence-corrected chi connectivity index (χ2v) is 6.62. The number of ether oxygens (including phenoxy) is 1. The molecule has 2 amide bonds. The Hall–Kier alpha value is -2.88. The molecule has 2 unspecified atom stereocenters. The number of hydrogen-bond donors (Lipinski definition) is 3. The lowest BCUT2D eigenvalue weighted by Crippen LogP contribution is -2.53. The van der Waals surface area contributed by atoms with E-state index in [0.717, 1.165) is 18.5 Å². The maximum absolute atomic E-state index is 12.7. The molecule has 2 aromatic rings. The highest BCUT2D eigenvalue weighted by Crippen LogP contribution is 2.21. The van der Waals surface area contributed by atoms with Crippen LogP contribution in [0.3, 0.4) is 0 Å². The van der Waals surface area contributed by atoms with Gasteiger partial charge >= 0.3 is 0 Å². The van der Waals surface area contributed by atoms with Gasteiger partial charge in [-0.25, -0.2) is 4.68 Å². The summed E-state index contributed by atoms with van der Waals surface area (Å²) in [7, 11) is 3.17. The number of methoxy groups -OCH3 is 1. The average Bonchev–Trinajstić information content (AvgIpc) is 3.17. The predicted molar refractivity (Wildman–Crippen MR) is 98.3 cm³/mol. The molecular weight excluding hydrogens is 350 g/mol. The molecule has 1 saturated heterocycles. The van der Waals surface area contributed by atoms with Crippen LogP contribution in [0.15, 0.2) is 12.3 Å². The van der Waals surface area contributed by atoms with E-state index in [-0.39, 0.29) is 23.7 Å². The molecule has 0 saturated carbocycles. The quantitative estimate of drug-likeness (QED) is 0.692. The molecule has 1 fully saturated rings. The molecule has 0 aliphatic carbocycles. The van der Waals surface area contributed by atoms with E-state index < -0.39 is 6.29 Å². The molecule has 1 aliphatic rings. The molecule has 27 heavy (non-hydrogen) atoms. The van der Waals surface area contributed by atoms with Crippen molar-refractivity contribution in [1.29, 1.82) is 0 Å². The highest BCUT2D eigenvalue weighted by Gasteiger charge is 2.29. The molecule has 0 aromatic carbocycles. The number of nitrogens with one attached hydrogen (secondary N) is 3. The van der Waals surface area contributed by atoms with Crippen LogP contribution in [0.1, 0.15) is 48.5 Å². The van der Waals surface area contributed by atoms with Crippen LogP contribution in [-0.2, 0) is 11.8 Å². The van der Waals surface area contributed by atoms with Gasteiger partial charge in [-0.3, -0.25) is 19.6 Å². The fourth-order valence-electron chi connectivity index (χ4n) is 3.19. The molecule has 3 rings (SSSR count). The van der Waals surface area contributed by atoms with Crippen LogP contribution < -0.4 is 20.7 Å². The molecule has 146 valence electrons. The molecule has 1 aliphatic heterocycles. The van der Waals surface area contributed by atoms with Crippen LogP contribution in [-0.4, -0.2) is 44.5 Å². The predicted octanol–water partition coefficient (Wildman–Crippen LogP) is 0.920. The molecule has 2 atom stereocenters. The zero-order valence-electron chi connectivity index (χ0n) is 15.9. The number of aryl methyl sites for hydroxylation is 2. The van der Waals surface area contributed by atoms with Gasteiger partial charge in [0.25, 0.3) is 5.91 Å². The lowest BCUT2D eigenvalue weighted by atomic mass is 10.1. The summed E-state index contributed by atoms with van der Waals surface area (Å²) in [6, 6.07) is 1.82. The first kappa shape index (κ1) is 18.9. The van der Waals surface area contributed by atoms with Gasteiger partial charge in [0.2, 0.25) is 11.8 Å². The molecule has 10 heteroatoms. The van der Waals surface area contributed by atoms with Crippen molar-refractivity contribution in [2.45, 2.75) is 45.4 Å². The fraction of sp³-hybridized carbons (Fsp3) is 0.529. The Balaban J connectivity index is 1.83. The first-order chi connectivity index (χ1) is 12.9. The summed E-state index contributed by atoms with van der Waals surface area (Å²) in [4.78, 5) is 24.8. The minimum atomic E-state index is -0.525. The van der Waals surface area contributed by atoms with Gasteiger partial charge in [0.05, 0.1) is 12.8 Å². The number of anilines is 1. The highest BCUT2D eigenvalue weighted by atomic mass is 16.5. The van der Waals surface area contributed by atoms with E-state index in [1.165, 1.54) is 11.8 Å². The Morgan fingerprint density at radius 3 is 2.93 bits per heavy atom. The Labute approximate surface area is 157 Å². The fourth-order valence-corrected chi connectivity index (χ4v) is 3.19. The number of aromatic nitrogens is 4. The molecular formula is C17H25N7O3. The number of hydrogen-bond acceptors (Lipinski definition) is 6. The largest absolute Gasteiger partial charge is 0.479 e. The zero-order valence-corrected chi connectivity index (χ0v) is 15.9. The van der Waals surface area contributed by atoms with E-state index in [0.29, 0.717) is 17.8 Å². The molecule has 3 heterocycles. The van der Waals surface area contributed by atoms with Gasteiger partial charge in [-0.05, 0) is 13.3 Å². The van der Waals surface area contributed by atoms with Crippen LogP contribution in [0, 0.1) is 6.92 Å². The van der Waals surface area contributed by atoms with Crippen molar-refractivity contribution in [3.05, 3.63) is 23.5 Å². The van der Waals surface area contributed by atoms with E-state index >= 15 is 0 Å². The van der Waals surface area contributed by atoms with Gasteiger partial charge in [-0.2, -0.15) is 5.10 Å². The number of rotatable bonds is 6. The minimum Gasteiger partial charge on any atom is -0.479 e. The van der Waals surface area contributed by atoms with Crippen molar-refractivity contribution < 1.29 is 14.3 Å². The summed E-state index contributed by atoms with van der Waals surface area (Å²) in [5.41, 5.74) is 1.03. The van der Waals surface area contributed by atoms with Gasteiger partial charge in [0.15, 0.2) is 6.29 Å². The molecule has 0 radical (unpaired) electrons. The van der Waals surface area contributed by atoms with Crippen molar-refractivity contribution in [1.82, 2.24) is 30.2 Å². The normalized spacial score (nSPS) is 19.6. The number of carbonyl (C=O) groups excluding carboxylic acids is 2. The summed E-state index contributed by atoms with van der Waals surface area (Å²) in [5.74, 6) is 0.299. The molecule has 0 spiro atoms. The highest BCUT2D eigenvalue weighted by molar-refractivity contribution is 6.05. The van der Waals surface area contributed by atoms with E-state index in [9.17, 15) is 9.59 Å². The Morgan fingerprint density at radius 1 is 1.44 bits per heavy atom. The minimum absolute atomic E-state index is 0.0449. The molecule has 10 nitrogen and oxygen atoms in total. The van der Waals surface area contributed by atoms with E-state index in [2.05, 4.69) is 33.1 Å². The SMILES string of the molecule is CCCC1CC(=O)NC(n2nc(C)cc2NC(=O)c2cn(C)nc2OC)N1. The van der Waals surface area contributed by atoms with Crippen LogP contribution >= 0.6 is 0 Å². The number of amides is 2. The zero-order chi connectivity index (χ0) is 19.6. The molecule has 2 aromatic heterocycles. The molecule has 0 bridgehead atoms. The first-order valence-electron chi connectivity index (χ1n) is 8.91. The van der Waals surface area contributed by atoms with Crippen molar-refractivity contribution in [3.8, 4) is 5.88 Å². The van der Waals surface area contributed by atoms with Crippen molar-refractivity contribution in [3.63, 3.8) is 0 Å². The third-order valence-corrected chi connectivity index (χ3v) is 4.34. The lowest BCUT2D eigenvalue weighted by molar-refractivity contribution is -0.125. The average molecular weight is 375 g/mol. The standard InChI is InChI=1S/C17H25N7O3/c1-5-6-11-8-14(25)20-17(18-11)24-13(7-10(2)21-24)19-15(26)12-9-23(3)22-16(12)27-4/h7,9,11,17-18H,5-6,8H2,1-4H3,(H,19,26)(H,20,25). The Kier molecular flexibility index (Phi) is 5.45. The molecule has 3 N–H and O–H groups in total. The smallest absolute Gasteiger partial charge is 0.263 e.